The van der Waals surface area contributed by atoms with Crippen LogP contribution in [-0.4, -0.2) is 34.2 Å². The summed E-state index contributed by atoms with van der Waals surface area (Å²) in [6.07, 6.45) is 3.14. The maximum atomic E-state index is 10.1. The standard InChI is InChI=1S/C12H22N2O2/c1-10(2)14-7-5-11(13-14)9-12(3,15)6-8-16-4/h5,7,10,15H,6,8-9H2,1-4H3. The van der Waals surface area contributed by atoms with Gasteiger partial charge in [-0.25, -0.2) is 0 Å². The third-order valence-electron chi connectivity index (χ3n) is 2.60. The van der Waals surface area contributed by atoms with Crippen molar-refractivity contribution in [2.75, 3.05) is 13.7 Å². The lowest BCUT2D eigenvalue weighted by Gasteiger charge is -2.21. The first-order valence-electron chi connectivity index (χ1n) is 5.70. The lowest BCUT2D eigenvalue weighted by atomic mass is 9.97. The van der Waals surface area contributed by atoms with Crippen LogP contribution in [0.4, 0.5) is 0 Å². The van der Waals surface area contributed by atoms with Gasteiger partial charge in [0.25, 0.3) is 0 Å². The van der Waals surface area contributed by atoms with E-state index in [4.69, 9.17) is 4.74 Å². The van der Waals surface area contributed by atoms with Crippen molar-refractivity contribution in [3.63, 3.8) is 0 Å². The lowest BCUT2D eigenvalue weighted by molar-refractivity contribution is 0.0240. The van der Waals surface area contributed by atoms with Gasteiger partial charge in [-0.2, -0.15) is 5.10 Å². The van der Waals surface area contributed by atoms with Crippen LogP contribution in [0.25, 0.3) is 0 Å². The highest BCUT2D eigenvalue weighted by Crippen LogP contribution is 2.16. The van der Waals surface area contributed by atoms with Crippen molar-refractivity contribution < 1.29 is 9.84 Å². The maximum Gasteiger partial charge on any atom is 0.0697 e. The summed E-state index contributed by atoms with van der Waals surface area (Å²) in [7, 11) is 1.64. The minimum Gasteiger partial charge on any atom is -0.390 e. The van der Waals surface area contributed by atoms with Crippen LogP contribution in [0.3, 0.4) is 0 Å². The van der Waals surface area contributed by atoms with Crippen LogP contribution in [-0.2, 0) is 11.2 Å². The molecule has 1 N–H and O–H groups in total. The van der Waals surface area contributed by atoms with E-state index in [9.17, 15) is 5.11 Å². The van der Waals surface area contributed by atoms with Gasteiger partial charge < -0.3 is 9.84 Å². The Balaban J connectivity index is 2.57. The maximum absolute atomic E-state index is 10.1. The van der Waals surface area contributed by atoms with E-state index < -0.39 is 5.60 Å². The zero-order valence-corrected chi connectivity index (χ0v) is 10.6. The van der Waals surface area contributed by atoms with Crippen molar-refractivity contribution >= 4 is 0 Å². The first-order valence-corrected chi connectivity index (χ1v) is 5.70. The molecule has 0 saturated carbocycles. The summed E-state index contributed by atoms with van der Waals surface area (Å²) < 4.78 is 6.88. The fourth-order valence-electron chi connectivity index (χ4n) is 1.56. The summed E-state index contributed by atoms with van der Waals surface area (Å²) in [6.45, 7) is 6.55. The monoisotopic (exact) mass is 226 g/mol. The Morgan fingerprint density at radius 1 is 1.56 bits per heavy atom. The van der Waals surface area contributed by atoms with Gasteiger partial charge in [0.05, 0.1) is 11.3 Å². The van der Waals surface area contributed by atoms with E-state index in [1.807, 2.05) is 23.9 Å². The van der Waals surface area contributed by atoms with Gasteiger partial charge in [-0.3, -0.25) is 4.68 Å². The molecule has 1 atom stereocenters. The van der Waals surface area contributed by atoms with Gasteiger partial charge in [-0.15, -0.1) is 0 Å². The van der Waals surface area contributed by atoms with E-state index in [1.165, 1.54) is 0 Å². The second-order valence-electron chi connectivity index (χ2n) is 4.80. The van der Waals surface area contributed by atoms with Crippen LogP contribution in [0, 0.1) is 0 Å². The molecule has 4 heteroatoms. The number of hydrogen-bond donors (Lipinski definition) is 1. The minimum atomic E-state index is -0.744. The molecule has 4 nitrogen and oxygen atoms in total. The third kappa shape index (κ3) is 3.94. The normalized spacial score (nSPS) is 15.4. The van der Waals surface area contributed by atoms with Gasteiger partial charge in [0.2, 0.25) is 0 Å². The molecule has 0 bridgehead atoms. The van der Waals surface area contributed by atoms with Gasteiger partial charge in [0.1, 0.15) is 0 Å². The SMILES string of the molecule is COCCC(C)(O)Cc1ccn(C(C)C)n1. The van der Waals surface area contributed by atoms with Crippen molar-refractivity contribution in [1.82, 2.24) is 9.78 Å². The second-order valence-corrected chi connectivity index (χ2v) is 4.80. The predicted octanol–water partition coefficient (Wildman–Crippen LogP) is 1.79. The van der Waals surface area contributed by atoms with Crippen LogP contribution in [0.5, 0.6) is 0 Å². The van der Waals surface area contributed by atoms with Crippen molar-refractivity contribution in [3.05, 3.63) is 18.0 Å². The first-order chi connectivity index (χ1) is 7.44. The molecule has 1 heterocycles. The van der Waals surface area contributed by atoms with Crippen LogP contribution in [0.15, 0.2) is 12.3 Å². The summed E-state index contributed by atoms with van der Waals surface area (Å²) in [4.78, 5) is 0. The lowest BCUT2D eigenvalue weighted by Crippen LogP contribution is -2.29. The molecular formula is C12H22N2O2. The van der Waals surface area contributed by atoms with Gasteiger partial charge in [0.15, 0.2) is 0 Å². The Morgan fingerprint density at radius 2 is 2.25 bits per heavy atom. The Morgan fingerprint density at radius 3 is 2.75 bits per heavy atom. The Kier molecular flexibility index (Phi) is 4.50. The van der Waals surface area contributed by atoms with E-state index in [0.717, 1.165) is 5.69 Å². The molecule has 0 aliphatic rings. The molecule has 0 saturated heterocycles. The topological polar surface area (TPSA) is 47.3 Å². The zero-order valence-electron chi connectivity index (χ0n) is 10.6. The summed E-state index contributed by atoms with van der Waals surface area (Å²) >= 11 is 0. The number of hydrogen-bond acceptors (Lipinski definition) is 3. The highest BCUT2D eigenvalue weighted by molar-refractivity contribution is 5.03. The van der Waals surface area contributed by atoms with Crippen LogP contribution < -0.4 is 0 Å². The van der Waals surface area contributed by atoms with Gasteiger partial charge in [-0.05, 0) is 33.3 Å². The number of aromatic nitrogens is 2. The van der Waals surface area contributed by atoms with Crippen molar-refractivity contribution in [2.24, 2.45) is 0 Å². The van der Waals surface area contributed by atoms with E-state index in [-0.39, 0.29) is 0 Å². The summed E-state index contributed by atoms with van der Waals surface area (Å²) in [5, 5.41) is 14.5. The van der Waals surface area contributed by atoms with Gasteiger partial charge in [0, 0.05) is 32.4 Å². The molecule has 0 radical (unpaired) electrons. The molecule has 16 heavy (non-hydrogen) atoms. The average Bonchev–Trinajstić information content (AvgIpc) is 2.62. The Hall–Kier alpha value is -0.870. The number of ether oxygens (including phenoxy) is 1. The van der Waals surface area contributed by atoms with Crippen LogP contribution in [0.2, 0.25) is 0 Å². The van der Waals surface area contributed by atoms with Gasteiger partial charge >= 0.3 is 0 Å². The molecule has 92 valence electrons. The van der Waals surface area contributed by atoms with Crippen molar-refractivity contribution in [3.8, 4) is 0 Å². The van der Waals surface area contributed by atoms with Crippen LogP contribution >= 0.6 is 0 Å². The molecule has 0 spiro atoms. The first kappa shape index (κ1) is 13.2. The average molecular weight is 226 g/mol. The Labute approximate surface area is 97.2 Å². The van der Waals surface area contributed by atoms with Crippen molar-refractivity contribution in [2.45, 2.75) is 45.3 Å². The second kappa shape index (κ2) is 5.46. The molecule has 1 rings (SSSR count). The molecule has 1 aromatic heterocycles. The summed E-state index contributed by atoms with van der Waals surface area (Å²) in [6, 6.07) is 2.32. The fraction of sp³-hybridized carbons (Fsp3) is 0.750. The highest BCUT2D eigenvalue weighted by Gasteiger charge is 2.22. The molecule has 0 aliphatic carbocycles. The number of nitrogens with zero attached hydrogens (tertiary/aromatic N) is 2. The fourth-order valence-corrected chi connectivity index (χ4v) is 1.56. The molecule has 0 aromatic carbocycles. The number of rotatable bonds is 6. The molecule has 0 aliphatic heterocycles. The summed E-state index contributed by atoms with van der Waals surface area (Å²) in [5.41, 5.74) is 0.182. The minimum absolute atomic E-state index is 0.359. The smallest absolute Gasteiger partial charge is 0.0697 e. The Bertz CT molecular complexity index is 319. The molecule has 0 amide bonds. The molecular weight excluding hydrogens is 204 g/mol. The van der Waals surface area contributed by atoms with Crippen molar-refractivity contribution in [1.29, 1.82) is 0 Å². The van der Waals surface area contributed by atoms with E-state index in [2.05, 4.69) is 18.9 Å². The molecule has 0 fully saturated rings. The number of methoxy groups -OCH3 is 1. The zero-order chi connectivity index (χ0) is 12.2. The molecule has 1 unspecified atom stereocenters. The van der Waals surface area contributed by atoms with E-state index >= 15 is 0 Å². The van der Waals surface area contributed by atoms with E-state index in [0.29, 0.717) is 25.5 Å². The quantitative estimate of drug-likeness (QED) is 0.804. The largest absolute Gasteiger partial charge is 0.390 e. The summed E-state index contributed by atoms with van der Waals surface area (Å²) in [5.74, 6) is 0. The number of aliphatic hydroxyl groups is 1. The van der Waals surface area contributed by atoms with Gasteiger partial charge in [-0.1, -0.05) is 0 Å². The predicted molar refractivity (Wildman–Crippen MR) is 63.4 cm³/mol. The highest BCUT2D eigenvalue weighted by atomic mass is 16.5. The molecule has 1 aromatic rings. The van der Waals surface area contributed by atoms with Crippen LogP contribution in [0.1, 0.15) is 38.9 Å². The third-order valence-corrected chi connectivity index (χ3v) is 2.60. The van der Waals surface area contributed by atoms with E-state index in [1.54, 1.807) is 7.11 Å².